The molecule has 0 amide bonds. The van der Waals surface area contributed by atoms with Crippen molar-refractivity contribution in [3.8, 4) is 33.6 Å². The molecule has 0 atom stereocenters. The van der Waals surface area contributed by atoms with Crippen molar-refractivity contribution < 1.29 is 0 Å². The Morgan fingerprint density at radius 3 is 1.33 bits per heavy atom. The average Bonchev–Trinajstić information content (AvgIpc) is 3.93. The van der Waals surface area contributed by atoms with Gasteiger partial charge in [-0.05, 0) is 96.1 Å². The van der Waals surface area contributed by atoms with Crippen LogP contribution in [0.2, 0.25) is 0 Å². The molecule has 2 aliphatic rings. The maximum atomic E-state index is 6.53. The summed E-state index contributed by atoms with van der Waals surface area (Å²) in [6.45, 7) is 0. The van der Waals surface area contributed by atoms with Crippen molar-refractivity contribution in [1.29, 1.82) is 0 Å². The zero-order chi connectivity index (χ0) is 32.7. The number of hydrogen-bond acceptors (Lipinski definition) is 3. The van der Waals surface area contributed by atoms with Crippen molar-refractivity contribution in [3.05, 3.63) is 174 Å². The van der Waals surface area contributed by atoms with E-state index >= 15 is 0 Å². The Morgan fingerprint density at radius 1 is 0.408 bits per heavy atom. The number of para-hydroxylation sites is 3. The van der Waals surface area contributed by atoms with Gasteiger partial charge in [-0.15, -0.1) is 0 Å². The Kier molecular flexibility index (Phi) is 6.87. The van der Waals surface area contributed by atoms with Gasteiger partial charge in [-0.25, -0.2) is 9.97 Å². The molecule has 7 aromatic rings. The summed E-state index contributed by atoms with van der Waals surface area (Å²) in [5.74, 6) is 0. The van der Waals surface area contributed by atoms with Crippen LogP contribution in [-0.4, -0.2) is 19.1 Å². The summed E-state index contributed by atoms with van der Waals surface area (Å²) in [6, 6.07) is 52.6. The molecule has 8 bridgehead atoms. The highest BCUT2D eigenvalue weighted by molar-refractivity contribution is 6.05. The third-order valence-corrected chi connectivity index (χ3v) is 9.03. The van der Waals surface area contributed by atoms with E-state index in [0.717, 1.165) is 78.5 Å². The van der Waals surface area contributed by atoms with Gasteiger partial charge in [-0.3, -0.25) is 0 Å². The lowest BCUT2D eigenvalue weighted by atomic mass is 9.96. The van der Waals surface area contributed by atoms with Crippen LogP contribution in [0.5, 0.6) is 0 Å². The van der Waals surface area contributed by atoms with Gasteiger partial charge in [0.15, 0.2) is 0 Å². The maximum Gasteiger partial charge on any atom is 0.0691 e. The van der Waals surface area contributed by atoms with Gasteiger partial charge in [-0.1, -0.05) is 91.0 Å². The van der Waals surface area contributed by atoms with E-state index in [1.807, 2.05) is 24.3 Å². The van der Waals surface area contributed by atoms with Crippen molar-refractivity contribution in [2.45, 2.75) is 0 Å². The third-order valence-electron chi connectivity index (χ3n) is 9.03. The van der Waals surface area contributed by atoms with Gasteiger partial charge in [0, 0.05) is 27.8 Å². The van der Waals surface area contributed by atoms with Crippen LogP contribution in [0.15, 0.2) is 152 Å². The Balaban J connectivity index is 1.48. The van der Waals surface area contributed by atoms with E-state index in [9.17, 15) is 0 Å². The standard InChI is InChI=1S/C44H31N5/c45-39-18-10-11-19-40(39)48-37-24-25-38(48)27-33-21-23-35(47-33)29-42-44(31-14-6-2-7-15-31)43(30-12-4-1-5-13-30)41(28-34-22-20-32(26-37)46-34)49(42)36-16-8-3-9-17-36/h1-29H,45H2. The van der Waals surface area contributed by atoms with Gasteiger partial charge in [0.1, 0.15) is 0 Å². The van der Waals surface area contributed by atoms with Crippen molar-refractivity contribution >= 4 is 52.1 Å². The fourth-order valence-electron chi connectivity index (χ4n) is 6.89. The van der Waals surface area contributed by atoms with Crippen molar-refractivity contribution in [2.75, 3.05) is 5.73 Å². The molecule has 49 heavy (non-hydrogen) atoms. The number of hydrogen-bond donors (Lipinski definition) is 1. The molecule has 4 aromatic carbocycles. The number of fused-ring (bicyclic) bond motifs is 8. The summed E-state index contributed by atoms with van der Waals surface area (Å²) in [5.41, 5.74) is 21.2. The monoisotopic (exact) mass is 629 g/mol. The molecule has 5 heteroatoms. The first kappa shape index (κ1) is 28.5. The second kappa shape index (κ2) is 11.8. The van der Waals surface area contributed by atoms with E-state index < -0.39 is 0 Å². The molecule has 0 saturated heterocycles. The maximum absolute atomic E-state index is 6.53. The lowest BCUT2D eigenvalue weighted by Gasteiger charge is -2.09. The smallest absolute Gasteiger partial charge is 0.0691 e. The summed E-state index contributed by atoms with van der Waals surface area (Å²) in [7, 11) is 0. The molecule has 0 unspecified atom stereocenters. The van der Waals surface area contributed by atoms with Crippen LogP contribution in [-0.2, 0) is 0 Å². The Labute approximate surface area is 284 Å². The van der Waals surface area contributed by atoms with Crippen LogP contribution in [0, 0.1) is 0 Å². The SMILES string of the molecule is Nc1ccccc1-n1c2ccc1cc1nc(cc3c(-c4ccccc4)c(-c4ccccc4)c(cc4nc(c2)C=C4)n3-c2ccccc2)C=C1. The van der Waals surface area contributed by atoms with Crippen molar-refractivity contribution in [1.82, 2.24) is 19.1 Å². The molecule has 0 fully saturated rings. The van der Waals surface area contributed by atoms with Crippen LogP contribution in [0.4, 0.5) is 5.69 Å². The van der Waals surface area contributed by atoms with Gasteiger partial charge in [0.2, 0.25) is 0 Å². The zero-order valence-electron chi connectivity index (χ0n) is 26.6. The van der Waals surface area contributed by atoms with E-state index in [4.69, 9.17) is 15.7 Å². The molecule has 5 heterocycles. The van der Waals surface area contributed by atoms with Crippen LogP contribution < -0.4 is 5.73 Å². The number of aromatic nitrogens is 4. The predicted octanol–water partition coefficient (Wildman–Crippen LogP) is 10.5. The summed E-state index contributed by atoms with van der Waals surface area (Å²) >= 11 is 0. The molecule has 9 rings (SSSR count). The first-order chi connectivity index (χ1) is 24.2. The number of nitrogens with zero attached hydrogens (tertiary/aromatic N) is 4. The number of rotatable bonds is 4. The topological polar surface area (TPSA) is 61.7 Å². The van der Waals surface area contributed by atoms with Gasteiger partial charge < -0.3 is 14.9 Å². The number of benzene rings is 4. The fraction of sp³-hybridized carbons (Fsp3) is 0. The number of anilines is 1. The van der Waals surface area contributed by atoms with Crippen molar-refractivity contribution in [2.24, 2.45) is 0 Å². The quantitative estimate of drug-likeness (QED) is 0.197. The first-order valence-corrected chi connectivity index (χ1v) is 16.4. The minimum Gasteiger partial charge on any atom is -0.397 e. The summed E-state index contributed by atoms with van der Waals surface area (Å²) in [4.78, 5) is 10.3. The Bertz CT molecular complexity index is 2450. The lowest BCUT2D eigenvalue weighted by Crippen LogP contribution is -1.99. The highest BCUT2D eigenvalue weighted by Crippen LogP contribution is 2.43. The minimum absolute atomic E-state index is 0.699. The summed E-state index contributed by atoms with van der Waals surface area (Å²) in [6.07, 6.45) is 8.34. The molecule has 2 N–H and O–H groups in total. The molecular formula is C44H31N5. The fourth-order valence-corrected chi connectivity index (χ4v) is 6.89. The Hall–Kier alpha value is -6.72. The predicted molar refractivity (Wildman–Crippen MR) is 204 cm³/mol. The van der Waals surface area contributed by atoms with Gasteiger partial charge in [-0.2, -0.15) is 0 Å². The van der Waals surface area contributed by atoms with E-state index in [0.29, 0.717) is 5.69 Å². The molecule has 0 aliphatic carbocycles. The Morgan fingerprint density at radius 2 is 0.837 bits per heavy atom. The van der Waals surface area contributed by atoms with Gasteiger partial charge in [0.25, 0.3) is 0 Å². The molecule has 2 aliphatic heterocycles. The summed E-state index contributed by atoms with van der Waals surface area (Å²) in [5, 5.41) is 0. The molecule has 3 aromatic heterocycles. The van der Waals surface area contributed by atoms with Crippen molar-refractivity contribution in [3.63, 3.8) is 0 Å². The minimum atomic E-state index is 0.699. The van der Waals surface area contributed by atoms with E-state index in [-0.39, 0.29) is 0 Å². The van der Waals surface area contributed by atoms with E-state index in [1.54, 1.807) is 0 Å². The van der Waals surface area contributed by atoms with Crippen LogP contribution in [0.25, 0.3) is 80.0 Å². The average molecular weight is 630 g/mol. The second-order valence-electron chi connectivity index (χ2n) is 12.2. The zero-order valence-corrected chi connectivity index (χ0v) is 26.6. The van der Waals surface area contributed by atoms with Gasteiger partial charge >= 0.3 is 0 Å². The largest absolute Gasteiger partial charge is 0.397 e. The van der Waals surface area contributed by atoms with E-state index in [2.05, 4.69) is 161 Å². The molecule has 5 nitrogen and oxygen atoms in total. The molecule has 232 valence electrons. The second-order valence-corrected chi connectivity index (χ2v) is 12.2. The van der Waals surface area contributed by atoms with Crippen LogP contribution in [0.1, 0.15) is 22.8 Å². The number of nitrogens with two attached hydrogens (primary N) is 1. The van der Waals surface area contributed by atoms with Crippen LogP contribution in [0.3, 0.4) is 0 Å². The van der Waals surface area contributed by atoms with E-state index in [1.165, 1.54) is 0 Å². The molecule has 0 saturated carbocycles. The molecule has 0 spiro atoms. The molecular weight excluding hydrogens is 599 g/mol. The summed E-state index contributed by atoms with van der Waals surface area (Å²) < 4.78 is 4.52. The highest BCUT2D eigenvalue weighted by Gasteiger charge is 2.21. The molecule has 0 radical (unpaired) electrons. The van der Waals surface area contributed by atoms with Gasteiger partial charge in [0.05, 0.1) is 45.2 Å². The normalized spacial score (nSPS) is 12.0. The van der Waals surface area contributed by atoms with Crippen LogP contribution >= 0.6 is 0 Å². The lowest BCUT2D eigenvalue weighted by molar-refractivity contribution is 1.16. The number of nitrogen functional groups attached to an aromatic ring is 1. The highest BCUT2D eigenvalue weighted by atomic mass is 15.0. The first-order valence-electron chi connectivity index (χ1n) is 16.4. The third kappa shape index (κ3) is 5.14.